The summed E-state index contributed by atoms with van der Waals surface area (Å²) in [6.45, 7) is 0.452. The number of fused-ring (bicyclic) bond motifs is 2. The van der Waals surface area contributed by atoms with Gasteiger partial charge >= 0.3 is 0 Å². The molecule has 0 radical (unpaired) electrons. The molecule has 0 atom stereocenters. The molecule has 0 spiro atoms. The number of anilines is 2. The van der Waals surface area contributed by atoms with Crippen LogP contribution in [0.1, 0.15) is 5.76 Å². The van der Waals surface area contributed by atoms with Gasteiger partial charge in [0, 0.05) is 60.6 Å². The van der Waals surface area contributed by atoms with Gasteiger partial charge in [0.2, 0.25) is 0 Å². The van der Waals surface area contributed by atoms with Crippen molar-refractivity contribution in [3.8, 4) is 22.8 Å². The minimum atomic E-state index is 0.452. The molecule has 0 amide bonds. The molecule has 0 saturated heterocycles. The van der Waals surface area contributed by atoms with Crippen LogP contribution in [0.3, 0.4) is 0 Å². The van der Waals surface area contributed by atoms with Crippen molar-refractivity contribution in [3.63, 3.8) is 0 Å². The van der Waals surface area contributed by atoms with Crippen LogP contribution in [-0.4, -0.2) is 39.0 Å². The number of rotatable bonds is 7. The van der Waals surface area contributed by atoms with Crippen LogP contribution in [0.2, 0.25) is 0 Å². The molecule has 0 N–H and O–H groups in total. The van der Waals surface area contributed by atoms with Gasteiger partial charge in [-0.25, -0.2) is 4.98 Å². The molecule has 6 aromatic rings. The van der Waals surface area contributed by atoms with Gasteiger partial charge in [-0.15, -0.1) is 0 Å². The van der Waals surface area contributed by atoms with Gasteiger partial charge in [-0.1, -0.05) is 0 Å². The smallest absolute Gasteiger partial charge is 0.152 e. The predicted octanol–water partition coefficient (Wildman–Crippen LogP) is 5.53. The summed E-state index contributed by atoms with van der Waals surface area (Å²) in [6.07, 6.45) is 7.23. The molecule has 0 fully saturated rings. The first-order valence-electron chi connectivity index (χ1n) is 11.7. The molecular weight excluding hydrogens is 468 g/mol. The van der Waals surface area contributed by atoms with Gasteiger partial charge in [0.05, 0.1) is 49.9 Å². The summed E-state index contributed by atoms with van der Waals surface area (Å²) in [5.41, 5.74) is 6.58. The van der Waals surface area contributed by atoms with E-state index in [4.69, 9.17) is 18.9 Å². The van der Waals surface area contributed by atoms with E-state index in [9.17, 15) is 0 Å². The molecule has 4 heterocycles. The first-order chi connectivity index (χ1) is 18.1. The first-order valence-corrected chi connectivity index (χ1v) is 11.7. The molecule has 0 unspecified atom stereocenters. The quantitative estimate of drug-likeness (QED) is 0.287. The fourth-order valence-electron chi connectivity index (χ4n) is 4.29. The number of aryl methyl sites for hydroxylation is 1. The highest BCUT2D eigenvalue weighted by Crippen LogP contribution is 2.36. The van der Waals surface area contributed by atoms with Crippen LogP contribution >= 0.6 is 0 Å². The number of pyridine rings is 1. The van der Waals surface area contributed by atoms with Gasteiger partial charge in [-0.2, -0.15) is 5.10 Å². The molecule has 0 aliphatic carbocycles. The van der Waals surface area contributed by atoms with Crippen molar-refractivity contribution in [2.24, 2.45) is 7.05 Å². The number of furan rings is 1. The molecule has 4 aromatic heterocycles. The fourth-order valence-corrected chi connectivity index (χ4v) is 4.29. The van der Waals surface area contributed by atoms with E-state index in [1.165, 1.54) is 0 Å². The Hall–Kier alpha value is -4.92. The third kappa shape index (κ3) is 4.42. The van der Waals surface area contributed by atoms with Crippen molar-refractivity contribution in [1.82, 2.24) is 24.7 Å². The average Bonchev–Trinajstić information content (AvgIpc) is 3.56. The maximum absolute atomic E-state index is 6.12. The Labute approximate surface area is 212 Å². The molecule has 0 aliphatic heterocycles. The highest BCUT2D eigenvalue weighted by molar-refractivity contribution is 5.83. The van der Waals surface area contributed by atoms with Gasteiger partial charge in [0.25, 0.3) is 0 Å². The van der Waals surface area contributed by atoms with Crippen molar-refractivity contribution in [2.75, 3.05) is 19.1 Å². The minimum absolute atomic E-state index is 0.452. The lowest BCUT2D eigenvalue weighted by Crippen LogP contribution is -2.16. The Morgan fingerprint density at radius 1 is 0.865 bits per heavy atom. The number of nitrogens with zero attached hydrogens (tertiary/aromatic N) is 6. The number of hydrogen-bond acceptors (Lipinski definition) is 8. The monoisotopic (exact) mass is 492 g/mol. The number of ether oxygens (including phenoxy) is 2. The zero-order valence-corrected chi connectivity index (χ0v) is 20.6. The van der Waals surface area contributed by atoms with E-state index in [-0.39, 0.29) is 0 Å². The summed E-state index contributed by atoms with van der Waals surface area (Å²) in [4.78, 5) is 16.0. The summed E-state index contributed by atoms with van der Waals surface area (Å²) < 4.78 is 19.0. The molecule has 2 aromatic carbocycles. The third-order valence-corrected chi connectivity index (χ3v) is 6.14. The van der Waals surface area contributed by atoms with E-state index in [1.807, 2.05) is 67.8 Å². The molecule has 9 heteroatoms. The third-order valence-electron chi connectivity index (χ3n) is 6.14. The SMILES string of the molecule is COc1cc(OC)cc(N(Cc2cc3ncccc3o2)c2ccc3ncc(-c4cnn(C)c4)nc3c2)c1. The van der Waals surface area contributed by atoms with Gasteiger partial charge < -0.3 is 18.8 Å². The van der Waals surface area contributed by atoms with Crippen LogP contribution in [0.25, 0.3) is 33.4 Å². The Balaban J connectivity index is 1.47. The molecule has 0 saturated carbocycles. The average molecular weight is 493 g/mol. The Morgan fingerprint density at radius 2 is 1.70 bits per heavy atom. The van der Waals surface area contributed by atoms with Crippen LogP contribution in [0.15, 0.2) is 83.8 Å². The van der Waals surface area contributed by atoms with Gasteiger partial charge in [-0.05, 0) is 30.3 Å². The first kappa shape index (κ1) is 22.5. The lowest BCUT2D eigenvalue weighted by atomic mass is 10.2. The van der Waals surface area contributed by atoms with Crippen LogP contribution in [-0.2, 0) is 13.6 Å². The lowest BCUT2D eigenvalue weighted by molar-refractivity contribution is 0.394. The van der Waals surface area contributed by atoms with E-state index in [2.05, 4.69) is 20.0 Å². The minimum Gasteiger partial charge on any atom is -0.497 e. The van der Waals surface area contributed by atoms with E-state index in [1.54, 1.807) is 37.5 Å². The molecule has 9 nitrogen and oxygen atoms in total. The van der Waals surface area contributed by atoms with Gasteiger partial charge in [-0.3, -0.25) is 14.6 Å². The van der Waals surface area contributed by atoms with Crippen molar-refractivity contribution in [2.45, 2.75) is 6.54 Å². The summed E-state index contributed by atoms with van der Waals surface area (Å²) in [5, 5.41) is 4.26. The topological polar surface area (TPSA) is 91.3 Å². The summed E-state index contributed by atoms with van der Waals surface area (Å²) >= 11 is 0. The Kier molecular flexibility index (Phi) is 5.65. The van der Waals surface area contributed by atoms with Crippen molar-refractivity contribution >= 4 is 33.5 Å². The normalized spacial score (nSPS) is 11.2. The Morgan fingerprint density at radius 3 is 2.43 bits per heavy atom. The molecule has 0 aliphatic rings. The van der Waals surface area contributed by atoms with Crippen LogP contribution < -0.4 is 14.4 Å². The van der Waals surface area contributed by atoms with Crippen molar-refractivity contribution in [1.29, 1.82) is 0 Å². The maximum atomic E-state index is 6.12. The second-order valence-corrected chi connectivity index (χ2v) is 8.59. The predicted molar refractivity (Wildman–Crippen MR) is 141 cm³/mol. The number of aromatic nitrogens is 5. The van der Waals surface area contributed by atoms with Crippen LogP contribution in [0.5, 0.6) is 11.5 Å². The van der Waals surface area contributed by atoms with Gasteiger partial charge in [0.15, 0.2) is 5.58 Å². The zero-order chi connectivity index (χ0) is 25.4. The van der Waals surface area contributed by atoms with Gasteiger partial charge in [0.1, 0.15) is 22.8 Å². The van der Waals surface area contributed by atoms with E-state index >= 15 is 0 Å². The van der Waals surface area contributed by atoms with Crippen LogP contribution in [0.4, 0.5) is 11.4 Å². The summed E-state index contributed by atoms with van der Waals surface area (Å²) in [7, 11) is 5.16. The highest BCUT2D eigenvalue weighted by Gasteiger charge is 2.17. The van der Waals surface area contributed by atoms with Crippen LogP contribution in [0, 0.1) is 0 Å². The molecule has 6 rings (SSSR count). The Bertz CT molecular complexity index is 1670. The summed E-state index contributed by atoms with van der Waals surface area (Å²) in [5.74, 6) is 2.14. The van der Waals surface area contributed by atoms with E-state index in [0.29, 0.717) is 18.0 Å². The molecule has 37 heavy (non-hydrogen) atoms. The second kappa shape index (κ2) is 9.27. The zero-order valence-electron chi connectivity index (χ0n) is 20.6. The van der Waals surface area contributed by atoms with E-state index < -0.39 is 0 Å². The lowest BCUT2D eigenvalue weighted by Gasteiger charge is -2.25. The maximum Gasteiger partial charge on any atom is 0.152 e. The fraction of sp³-hybridized carbons (Fsp3) is 0.143. The second-order valence-electron chi connectivity index (χ2n) is 8.59. The van der Waals surface area contributed by atoms with Crippen molar-refractivity contribution in [3.05, 3.63) is 85.1 Å². The molecule has 0 bridgehead atoms. The molecule has 184 valence electrons. The highest BCUT2D eigenvalue weighted by atomic mass is 16.5. The van der Waals surface area contributed by atoms with E-state index in [0.717, 1.165) is 50.5 Å². The standard InChI is InChI=1S/C28H24N6O3/c1-33-16-18(14-31-33)27-15-30-24-7-6-19(11-25(24)32-27)34(20-9-21(35-2)12-22(10-20)36-3)17-23-13-26-28(37-23)5-4-8-29-26/h4-16H,17H2,1-3H3. The number of hydrogen-bond donors (Lipinski definition) is 0. The number of benzene rings is 2. The number of methoxy groups -OCH3 is 2. The molecular formula is C28H24N6O3. The van der Waals surface area contributed by atoms with Crippen molar-refractivity contribution < 1.29 is 13.9 Å². The largest absolute Gasteiger partial charge is 0.497 e. The summed E-state index contributed by atoms with van der Waals surface area (Å²) in [6, 6.07) is 17.5.